The molecule has 0 aliphatic heterocycles. The fourth-order valence-electron chi connectivity index (χ4n) is 1.55. The van der Waals surface area contributed by atoms with Crippen molar-refractivity contribution in [2.24, 2.45) is 5.41 Å². The minimum absolute atomic E-state index is 0.0275. The quantitative estimate of drug-likeness (QED) is 0.735. The van der Waals surface area contributed by atoms with Crippen LogP contribution in [0.4, 0.5) is 0 Å². The molecule has 0 N–H and O–H groups in total. The normalized spacial score (nSPS) is 12.2. The van der Waals surface area contributed by atoms with E-state index in [-0.39, 0.29) is 10.3 Å². The molecular formula is C11H13ClN2OS. The molecule has 16 heavy (non-hydrogen) atoms. The molecule has 0 spiro atoms. The van der Waals surface area contributed by atoms with Crippen LogP contribution in [0, 0.1) is 5.41 Å². The standard InChI is InChI=1S/C11H13ClN2OS/c1-11(2,3)6-14-7-4-5-8(12)13-9(7)16-10(14)15/h4-5H,6H2,1-3H3. The van der Waals surface area contributed by atoms with E-state index in [4.69, 9.17) is 11.6 Å². The van der Waals surface area contributed by atoms with Gasteiger partial charge in [0.05, 0.1) is 5.52 Å². The van der Waals surface area contributed by atoms with Crippen LogP contribution in [0.3, 0.4) is 0 Å². The van der Waals surface area contributed by atoms with Gasteiger partial charge in [0.15, 0.2) is 0 Å². The van der Waals surface area contributed by atoms with E-state index >= 15 is 0 Å². The zero-order valence-electron chi connectivity index (χ0n) is 9.45. The first kappa shape index (κ1) is 11.6. The predicted octanol–water partition coefficient (Wildman–Crippen LogP) is 3.16. The highest BCUT2D eigenvalue weighted by molar-refractivity contribution is 7.16. The number of aromatic nitrogens is 2. The number of rotatable bonds is 1. The second-order valence-electron chi connectivity index (χ2n) is 4.97. The van der Waals surface area contributed by atoms with Crippen molar-refractivity contribution in [1.82, 2.24) is 9.55 Å². The van der Waals surface area contributed by atoms with Crippen LogP contribution in [0.2, 0.25) is 5.15 Å². The molecule has 5 heteroatoms. The van der Waals surface area contributed by atoms with Crippen LogP contribution in [0.25, 0.3) is 10.3 Å². The van der Waals surface area contributed by atoms with Crippen LogP contribution in [-0.4, -0.2) is 9.55 Å². The summed E-state index contributed by atoms with van der Waals surface area (Å²) in [6.45, 7) is 7.00. The summed E-state index contributed by atoms with van der Waals surface area (Å²) in [7, 11) is 0. The van der Waals surface area contributed by atoms with E-state index < -0.39 is 0 Å². The number of halogens is 1. The van der Waals surface area contributed by atoms with Crippen molar-refractivity contribution in [3.63, 3.8) is 0 Å². The van der Waals surface area contributed by atoms with Gasteiger partial charge in [0.25, 0.3) is 0 Å². The van der Waals surface area contributed by atoms with Gasteiger partial charge in [-0.3, -0.25) is 9.36 Å². The summed E-state index contributed by atoms with van der Waals surface area (Å²) < 4.78 is 1.77. The number of hydrogen-bond acceptors (Lipinski definition) is 3. The number of nitrogens with zero attached hydrogens (tertiary/aromatic N) is 2. The van der Waals surface area contributed by atoms with Crippen molar-refractivity contribution in [2.45, 2.75) is 27.3 Å². The van der Waals surface area contributed by atoms with Gasteiger partial charge in [0.2, 0.25) is 0 Å². The van der Waals surface area contributed by atoms with E-state index in [1.807, 2.05) is 6.07 Å². The second-order valence-corrected chi connectivity index (χ2v) is 6.30. The maximum Gasteiger partial charge on any atom is 0.309 e. The Morgan fingerprint density at radius 2 is 2.12 bits per heavy atom. The summed E-state index contributed by atoms with van der Waals surface area (Å²) >= 11 is 6.94. The molecule has 2 aromatic heterocycles. The van der Waals surface area contributed by atoms with Gasteiger partial charge >= 0.3 is 4.87 Å². The van der Waals surface area contributed by atoms with Gasteiger partial charge in [-0.2, -0.15) is 0 Å². The molecule has 3 nitrogen and oxygen atoms in total. The molecule has 0 saturated carbocycles. The van der Waals surface area contributed by atoms with Gasteiger partial charge in [-0.05, 0) is 17.5 Å². The average molecular weight is 257 g/mol. The number of fused-ring (bicyclic) bond motifs is 1. The molecule has 86 valence electrons. The molecule has 0 fully saturated rings. The summed E-state index contributed by atoms with van der Waals surface area (Å²) in [5.74, 6) is 0. The van der Waals surface area contributed by atoms with E-state index in [0.717, 1.165) is 16.9 Å². The summed E-state index contributed by atoms with van der Waals surface area (Å²) in [5.41, 5.74) is 0.937. The van der Waals surface area contributed by atoms with Gasteiger partial charge in [-0.25, -0.2) is 4.98 Å². The Bertz CT molecular complexity index is 580. The van der Waals surface area contributed by atoms with Gasteiger partial charge in [0.1, 0.15) is 9.98 Å². The molecule has 2 heterocycles. The molecule has 0 aliphatic carbocycles. The van der Waals surface area contributed by atoms with E-state index in [1.165, 1.54) is 0 Å². The Balaban J connectivity index is 2.61. The second kappa shape index (κ2) is 3.86. The Kier molecular flexibility index (Phi) is 2.80. The number of hydrogen-bond donors (Lipinski definition) is 0. The lowest BCUT2D eigenvalue weighted by Gasteiger charge is -2.18. The molecule has 0 saturated heterocycles. The van der Waals surface area contributed by atoms with E-state index in [1.54, 1.807) is 10.6 Å². The first-order chi connectivity index (χ1) is 7.37. The molecular weight excluding hydrogens is 244 g/mol. The van der Waals surface area contributed by atoms with Crippen molar-refractivity contribution in [3.05, 3.63) is 27.0 Å². The third-order valence-corrected chi connectivity index (χ3v) is 3.23. The lowest BCUT2D eigenvalue weighted by molar-refractivity contribution is 0.346. The zero-order valence-corrected chi connectivity index (χ0v) is 11.0. The molecule has 0 amide bonds. The third-order valence-electron chi connectivity index (χ3n) is 2.13. The molecule has 2 aromatic rings. The van der Waals surface area contributed by atoms with Crippen molar-refractivity contribution in [2.75, 3.05) is 0 Å². The molecule has 0 bridgehead atoms. The predicted molar refractivity (Wildman–Crippen MR) is 68.3 cm³/mol. The highest BCUT2D eigenvalue weighted by atomic mass is 35.5. The number of thiazole rings is 1. The maximum absolute atomic E-state index is 11.8. The van der Waals surface area contributed by atoms with E-state index in [9.17, 15) is 4.79 Å². The fraction of sp³-hybridized carbons (Fsp3) is 0.455. The van der Waals surface area contributed by atoms with Crippen molar-refractivity contribution in [3.8, 4) is 0 Å². The molecule has 0 radical (unpaired) electrons. The lowest BCUT2D eigenvalue weighted by atomic mass is 9.97. The van der Waals surface area contributed by atoms with Crippen molar-refractivity contribution in [1.29, 1.82) is 0 Å². The van der Waals surface area contributed by atoms with Crippen molar-refractivity contribution < 1.29 is 0 Å². The Morgan fingerprint density at radius 1 is 1.44 bits per heavy atom. The van der Waals surface area contributed by atoms with Crippen LogP contribution in [0.5, 0.6) is 0 Å². The van der Waals surface area contributed by atoms with E-state index in [2.05, 4.69) is 25.8 Å². The monoisotopic (exact) mass is 256 g/mol. The zero-order chi connectivity index (χ0) is 11.9. The Hall–Kier alpha value is -0.870. The van der Waals surface area contributed by atoms with Gasteiger partial charge in [0, 0.05) is 6.54 Å². The largest absolute Gasteiger partial charge is 0.309 e. The fourth-order valence-corrected chi connectivity index (χ4v) is 2.61. The summed E-state index contributed by atoms with van der Waals surface area (Å²) in [4.78, 5) is 16.7. The average Bonchev–Trinajstić information content (AvgIpc) is 2.40. The molecule has 0 unspecified atom stereocenters. The number of pyridine rings is 1. The Morgan fingerprint density at radius 3 is 2.75 bits per heavy atom. The molecule has 2 rings (SSSR count). The highest BCUT2D eigenvalue weighted by Gasteiger charge is 2.16. The van der Waals surface area contributed by atoms with Crippen LogP contribution in [0.15, 0.2) is 16.9 Å². The van der Waals surface area contributed by atoms with Crippen LogP contribution in [0.1, 0.15) is 20.8 Å². The minimum Gasteiger partial charge on any atom is -0.297 e. The SMILES string of the molecule is CC(C)(C)Cn1c(=O)sc2nc(Cl)ccc21. The van der Waals surface area contributed by atoms with Gasteiger partial charge in [-0.15, -0.1) is 0 Å². The van der Waals surface area contributed by atoms with Crippen LogP contribution >= 0.6 is 22.9 Å². The van der Waals surface area contributed by atoms with Gasteiger partial charge < -0.3 is 0 Å². The topological polar surface area (TPSA) is 34.9 Å². The van der Waals surface area contributed by atoms with Gasteiger partial charge in [-0.1, -0.05) is 43.7 Å². The lowest BCUT2D eigenvalue weighted by Crippen LogP contribution is -2.22. The minimum atomic E-state index is 0.0275. The maximum atomic E-state index is 11.8. The molecule has 0 aromatic carbocycles. The summed E-state index contributed by atoms with van der Waals surface area (Å²) in [6, 6.07) is 3.57. The molecule has 0 atom stereocenters. The first-order valence-corrected chi connectivity index (χ1v) is 6.22. The summed E-state index contributed by atoms with van der Waals surface area (Å²) in [6.07, 6.45) is 0. The first-order valence-electron chi connectivity index (χ1n) is 5.03. The highest BCUT2D eigenvalue weighted by Crippen LogP contribution is 2.22. The smallest absolute Gasteiger partial charge is 0.297 e. The van der Waals surface area contributed by atoms with Crippen LogP contribution < -0.4 is 4.87 Å². The Labute approximate surface area is 103 Å². The van der Waals surface area contributed by atoms with Crippen LogP contribution in [-0.2, 0) is 6.54 Å². The molecule has 0 aliphatic rings. The third kappa shape index (κ3) is 2.28. The van der Waals surface area contributed by atoms with E-state index in [0.29, 0.717) is 16.5 Å². The van der Waals surface area contributed by atoms with Crippen molar-refractivity contribution >= 4 is 33.3 Å². The summed E-state index contributed by atoms with van der Waals surface area (Å²) in [5, 5.41) is 0.427.